The molecule has 3 heterocycles. The number of carbonyl (C=O) groups excluding carboxylic acids is 3. The van der Waals surface area contributed by atoms with Gasteiger partial charge in [0.1, 0.15) is 0 Å². The van der Waals surface area contributed by atoms with Crippen molar-refractivity contribution in [2.24, 2.45) is 0 Å². The molecule has 8 heteroatoms. The lowest BCUT2D eigenvalue weighted by atomic mass is 10.0. The van der Waals surface area contributed by atoms with Crippen LogP contribution in [-0.2, 0) is 9.59 Å². The predicted molar refractivity (Wildman–Crippen MR) is 130 cm³/mol. The van der Waals surface area contributed by atoms with Gasteiger partial charge in [-0.1, -0.05) is 41.9 Å². The summed E-state index contributed by atoms with van der Waals surface area (Å²) in [6.45, 7) is 2.74. The Kier molecular flexibility index (Phi) is 6.20. The van der Waals surface area contributed by atoms with Crippen LogP contribution in [0, 0.1) is 0 Å². The SMILES string of the molecule is O=C(C(=O)N1CCN(C(=O)c2cc(-c3ccc(Cl)cc3)nc3ccccc23)CC1)N1CCCC1. The fourth-order valence-corrected chi connectivity index (χ4v) is 4.72. The lowest BCUT2D eigenvalue weighted by Gasteiger charge is -2.35. The van der Waals surface area contributed by atoms with E-state index >= 15 is 0 Å². The molecule has 0 bridgehead atoms. The molecule has 174 valence electrons. The third-order valence-electron chi connectivity index (χ3n) is 6.52. The molecule has 0 spiro atoms. The molecule has 3 aromatic rings. The Balaban J connectivity index is 1.36. The first kappa shape index (κ1) is 22.3. The Bertz CT molecular complexity index is 1250. The number of likely N-dealkylation sites (tertiary alicyclic amines) is 1. The number of halogens is 1. The summed E-state index contributed by atoms with van der Waals surface area (Å²) in [6, 6.07) is 16.8. The number of benzene rings is 2. The maximum atomic E-state index is 13.6. The second-order valence-corrected chi connectivity index (χ2v) is 9.10. The standard InChI is InChI=1S/C26H25ClN4O3/c27-19-9-7-18(8-10-19)23-17-21(20-5-1-2-6-22(20)28-23)24(32)30-13-15-31(16-14-30)26(34)25(33)29-11-3-4-12-29/h1-2,5-10,17H,3-4,11-16H2. The van der Waals surface area contributed by atoms with Gasteiger partial charge in [0.15, 0.2) is 0 Å². The van der Waals surface area contributed by atoms with E-state index in [1.807, 2.05) is 42.5 Å². The number of fused-ring (bicyclic) bond motifs is 1. The quantitative estimate of drug-likeness (QED) is 0.531. The van der Waals surface area contributed by atoms with Gasteiger partial charge in [-0.25, -0.2) is 4.98 Å². The highest BCUT2D eigenvalue weighted by atomic mass is 35.5. The van der Waals surface area contributed by atoms with Gasteiger partial charge in [-0.15, -0.1) is 0 Å². The molecule has 0 saturated carbocycles. The summed E-state index contributed by atoms with van der Waals surface area (Å²) in [5.74, 6) is -0.995. The fourth-order valence-electron chi connectivity index (χ4n) is 4.59. The first-order valence-electron chi connectivity index (χ1n) is 11.5. The highest BCUT2D eigenvalue weighted by molar-refractivity contribution is 6.35. The zero-order chi connectivity index (χ0) is 23.7. The molecule has 2 aliphatic heterocycles. The van der Waals surface area contributed by atoms with Crippen LogP contribution in [0.5, 0.6) is 0 Å². The van der Waals surface area contributed by atoms with E-state index in [0.717, 1.165) is 29.3 Å². The summed E-state index contributed by atoms with van der Waals surface area (Å²) >= 11 is 6.03. The van der Waals surface area contributed by atoms with Gasteiger partial charge in [-0.2, -0.15) is 0 Å². The number of rotatable bonds is 2. The van der Waals surface area contributed by atoms with Crippen LogP contribution in [0.1, 0.15) is 23.2 Å². The minimum atomic E-state index is -0.464. The lowest BCUT2D eigenvalue weighted by molar-refractivity contribution is -0.152. The first-order chi connectivity index (χ1) is 16.5. The molecule has 0 atom stereocenters. The summed E-state index contributed by atoms with van der Waals surface area (Å²) in [5, 5.41) is 1.42. The zero-order valence-electron chi connectivity index (χ0n) is 18.7. The summed E-state index contributed by atoms with van der Waals surface area (Å²) in [6.07, 6.45) is 1.89. The summed E-state index contributed by atoms with van der Waals surface area (Å²) in [4.78, 5) is 48.4. The molecule has 2 aliphatic rings. The van der Waals surface area contributed by atoms with E-state index in [9.17, 15) is 14.4 Å². The molecule has 0 radical (unpaired) electrons. The summed E-state index contributed by atoms with van der Waals surface area (Å²) < 4.78 is 0. The van der Waals surface area contributed by atoms with Gasteiger partial charge < -0.3 is 14.7 Å². The van der Waals surface area contributed by atoms with Crippen LogP contribution in [0.25, 0.3) is 22.2 Å². The number of amides is 3. The number of para-hydroxylation sites is 1. The number of carbonyl (C=O) groups is 3. The number of hydrogen-bond donors (Lipinski definition) is 0. The van der Waals surface area contributed by atoms with E-state index < -0.39 is 11.8 Å². The molecule has 0 unspecified atom stereocenters. The number of pyridine rings is 1. The van der Waals surface area contributed by atoms with Gasteiger partial charge >= 0.3 is 11.8 Å². The molecule has 0 N–H and O–H groups in total. The van der Waals surface area contributed by atoms with Gasteiger partial charge in [-0.05, 0) is 37.1 Å². The van der Waals surface area contributed by atoms with Crippen molar-refractivity contribution in [1.82, 2.24) is 19.7 Å². The van der Waals surface area contributed by atoms with Gasteiger partial charge in [0.25, 0.3) is 5.91 Å². The molecule has 2 saturated heterocycles. The minimum absolute atomic E-state index is 0.105. The van der Waals surface area contributed by atoms with Crippen LogP contribution < -0.4 is 0 Å². The molecular formula is C26H25ClN4O3. The van der Waals surface area contributed by atoms with Crippen LogP contribution >= 0.6 is 11.6 Å². The number of nitrogens with zero attached hydrogens (tertiary/aromatic N) is 4. The van der Waals surface area contributed by atoms with Gasteiger partial charge in [0.2, 0.25) is 0 Å². The molecule has 5 rings (SSSR count). The smallest absolute Gasteiger partial charge is 0.312 e. The normalized spacial score (nSPS) is 16.2. The maximum Gasteiger partial charge on any atom is 0.312 e. The van der Waals surface area contributed by atoms with Gasteiger partial charge in [0, 0.05) is 55.2 Å². The van der Waals surface area contributed by atoms with Crippen molar-refractivity contribution in [3.63, 3.8) is 0 Å². The van der Waals surface area contributed by atoms with Crippen LogP contribution in [0.2, 0.25) is 5.02 Å². The Hall–Kier alpha value is -3.45. The lowest BCUT2D eigenvalue weighted by Crippen LogP contribution is -2.54. The molecule has 7 nitrogen and oxygen atoms in total. The van der Waals surface area contributed by atoms with E-state index in [1.54, 1.807) is 26.8 Å². The first-order valence-corrected chi connectivity index (χ1v) is 11.9. The van der Waals surface area contributed by atoms with Crippen LogP contribution in [-0.4, -0.2) is 76.7 Å². The molecule has 1 aromatic heterocycles. The number of piperazine rings is 1. The summed E-state index contributed by atoms with van der Waals surface area (Å²) in [5.41, 5.74) is 2.88. The summed E-state index contributed by atoms with van der Waals surface area (Å²) in [7, 11) is 0. The van der Waals surface area contributed by atoms with E-state index in [0.29, 0.717) is 55.5 Å². The molecule has 3 amide bonds. The van der Waals surface area contributed by atoms with Crippen LogP contribution in [0.3, 0.4) is 0 Å². The highest BCUT2D eigenvalue weighted by Crippen LogP contribution is 2.27. The monoisotopic (exact) mass is 476 g/mol. The minimum Gasteiger partial charge on any atom is -0.335 e. The van der Waals surface area contributed by atoms with E-state index in [-0.39, 0.29) is 5.91 Å². The predicted octanol–water partition coefficient (Wildman–Crippen LogP) is 3.46. The largest absolute Gasteiger partial charge is 0.335 e. The van der Waals surface area contributed by atoms with Crippen molar-refractivity contribution < 1.29 is 14.4 Å². The zero-order valence-corrected chi connectivity index (χ0v) is 19.5. The van der Waals surface area contributed by atoms with Crippen molar-refractivity contribution >= 4 is 40.2 Å². The maximum absolute atomic E-state index is 13.6. The Morgan fingerprint density at radius 1 is 0.735 bits per heavy atom. The number of hydrogen-bond acceptors (Lipinski definition) is 4. The van der Waals surface area contributed by atoms with Gasteiger partial charge in [-0.3, -0.25) is 14.4 Å². The van der Waals surface area contributed by atoms with Gasteiger partial charge in [0.05, 0.1) is 16.8 Å². The van der Waals surface area contributed by atoms with E-state index in [4.69, 9.17) is 16.6 Å². The highest BCUT2D eigenvalue weighted by Gasteiger charge is 2.32. The molecular weight excluding hydrogens is 452 g/mol. The van der Waals surface area contributed by atoms with Crippen molar-refractivity contribution in [2.45, 2.75) is 12.8 Å². The number of aromatic nitrogens is 1. The second-order valence-electron chi connectivity index (χ2n) is 8.66. The molecule has 0 aliphatic carbocycles. The van der Waals surface area contributed by atoms with Crippen molar-refractivity contribution in [1.29, 1.82) is 0 Å². The average Bonchev–Trinajstić information content (AvgIpc) is 3.42. The molecule has 2 aromatic carbocycles. The van der Waals surface area contributed by atoms with E-state index in [2.05, 4.69) is 0 Å². The van der Waals surface area contributed by atoms with Crippen molar-refractivity contribution in [3.05, 3.63) is 65.2 Å². The molecule has 2 fully saturated rings. The van der Waals surface area contributed by atoms with Crippen LogP contribution in [0.4, 0.5) is 0 Å². The molecule has 34 heavy (non-hydrogen) atoms. The third kappa shape index (κ3) is 4.35. The third-order valence-corrected chi connectivity index (χ3v) is 6.77. The van der Waals surface area contributed by atoms with E-state index in [1.165, 1.54) is 0 Å². The second kappa shape index (κ2) is 9.43. The van der Waals surface area contributed by atoms with Crippen molar-refractivity contribution in [2.75, 3.05) is 39.3 Å². The van der Waals surface area contributed by atoms with Crippen molar-refractivity contribution in [3.8, 4) is 11.3 Å². The topological polar surface area (TPSA) is 73.8 Å². The Labute approximate surface area is 202 Å². The Morgan fingerprint density at radius 3 is 2.00 bits per heavy atom. The van der Waals surface area contributed by atoms with Crippen LogP contribution in [0.15, 0.2) is 54.6 Å². The Morgan fingerprint density at radius 2 is 1.32 bits per heavy atom. The average molecular weight is 477 g/mol. The fraction of sp³-hybridized carbons (Fsp3) is 0.308.